The van der Waals surface area contributed by atoms with Gasteiger partial charge in [0.15, 0.2) is 0 Å². The average Bonchev–Trinajstić information content (AvgIpc) is 3.09. The minimum atomic E-state index is -3.44. The SMILES string of the molecule is CNS(=O)(=O)N1CCN(C(=O)Nc2ccc(-c3nc(C)cs3)cc2)CC1. The quantitative estimate of drug-likeness (QED) is 0.824. The fourth-order valence-corrected chi connectivity index (χ4v) is 4.35. The molecule has 2 N–H and O–H groups in total. The first kappa shape index (κ1) is 18.8. The van der Waals surface area contributed by atoms with Crippen molar-refractivity contribution in [3.8, 4) is 10.6 Å². The molecule has 1 aliphatic rings. The molecular formula is C16H21N5O3S2. The number of hydrogen-bond donors (Lipinski definition) is 2. The standard InChI is InChI=1S/C16H21N5O3S2/c1-12-11-25-15(18-12)13-3-5-14(6-4-13)19-16(22)20-7-9-21(10-8-20)26(23,24)17-2/h3-6,11,17H,7-10H2,1-2H3,(H,19,22). The van der Waals surface area contributed by atoms with Gasteiger partial charge in [0.2, 0.25) is 0 Å². The van der Waals surface area contributed by atoms with Crippen LogP contribution in [0.15, 0.2) is 29.6 Å². The molecule has 0 aliphatic carbocycles. The van der Waals surface area contributed by atoms with Crippen LogP contribution in [-0.2, 0) is 10.2 Å². The zero-order chi connectivity index (χ0) is 18.7. The number of nitrogens with zero attached hydrogens (tertiary/aromatic N) is 3. The molecule has 0 unspecified atom stereocenters. The van der Waals surface area contributed by atoms with Crippen molar-refractivity contribution in [2.45, 2.75) is 6.92 Å². The number of carbonyl (C=O) groups excluding carboxylic acids is 1. The summed E-state index contributed by atoms with van der Waals surface area (Å²) in [6, 6.07) is 7.29. The topological polar surface area (TPSA) is 94.6 Å². The number of nitrogens with one attached hydrogen (secondary N) is 2. The third kappa shape index (κ3) is 4.21. The number of amides is 2. The lowest BCUT2D eigenvalue weighted by molar-refractivity contribution is 0.184. The molecule has 8 nitrogen and oxygen atoms in total. The maximum Gasteiger partial charge on any atom is 0.321 e. The van der Waals surface area contributed by atoms with Crippen molar-refractivity contribution in [1.29, 1.82) is 0 Å². The fourth-order valence-electron chi connectivity index (χ4n) is 2.65. The predicted molar refractivity (Wildman–Crippen MR) is 102 cm³/mol. The maximum atomic E-state index is 12.4. The summed E-state index contributed by atoms with van der Waals surface area (Å²) in [4.78, 5) is 18.4. The second kappa shape index (κ2) is 7.70. The molecule has 1 aliphatic heterocycles. The molecule has 140 valence electrons. The number of benzene rings is 1. The number of aromatic nitrogens is 1. The number of urea groups is 1. The fraction of sp³-hybridized carbons (Fsp3) is 0.375. The number of carbonyl (C=O) groups is 1. The Hall–Kier alpha value is -2.01. The molecule has 0 bridgehead atoms. The Labute approximate surface area is 157 Å². The van der Waals surface area contributed by atoms with Crippen LogP contribution in [0.4, 0.5) is 10.5 Å². The van der Waals surface area contributed by atoms with E-state index in [2.05, 4.69) is 15.0 Å². The molecule has 0 saturated carbocycles. The van der Waals surface area contributed by atoms with Gasteiger partial charge in [-0.25, -0.2) is 14.5 Å². The molecule has 1 fully saturated rings. The Kier molecular flexibility index (Phi) is 5.56. The van der Waals surface area contributed by atoms with E-state index < -0.39 is 10.2 Å². The number of aryl methyl sites for hydroxylation is 1. The zero-order valence-corrected chi connectivity index (χ0v) is 16.2. The molecular weight excluding hydrogens is 374 g/mol. The Morgan fingerprint density at radius 1 is 1.15 bits per heavy atom. The van der Waals surface area contributed by atoms with E-state index in [4.69, 9.17) is 0 Å². The third-order valence-electron chi connectivity index (χ3n) is 4.13. The number of anilines is 1. The molecule has 1 aromatic heterocycles. The first-order valence-electron chi connectivity index (χ1n) is 8.16. The largest absolute Gasteiger partial charge is 0.322 e. The molecule has 0 radical (unpaired) electrons. The monoisotopic (exact) mass is 395 g/mol. The highest BCUT2D eigenvalue weighted by molar-refractivity contribution is 7.87. The van der Waals surface area contributed by atoms with Gasteiger partial charge in [0.05, 0.1) is 0 Å². The number of piperazine rings is 1. The van der Waals surface area contributed by atoms with Crippen molar-refractivity contribution in [2.24, 2.45) is 0 Å². The summed E-state index contributed by atoms with van der Waals surface area (Å²) >= 11 is 1.58. The third-order valence-corrected chi connectivity index (χ3v) is 6.70. The van der Waals surface area contributed by atoms with Crippen LogP contribution >= 0.6 is 11.3 Å². The summed E-state index contributed by atoms with van der Waals surface area (Å²) in [5.41, 5.74) is 2.69. The van der Waals surface area contributed by atoms with Crippen LogP contribution in [0.25, 0.3) is 10.6 Å². The molecule has 26 heavy (non-hydrogen) atoms. The van der Waals surface area contributed by atoms with Crippen molar-refractivity contribution in [1.82, 2.24) is 18.9 Å². The normalized spacial score (nSPS) is 15.8. The van der Waals surface area contributed by atoms with Gasteiger partial charge < -0.3 is 10.2 Å². The summed E-state index contributed by atoms with van der Waals surface area (Å²) in [5, 5.41) is 5.79. The smallest absolute Gasteiger partial charge is 0.321 e. The second-order valence-electron chi connectivity index (χ2n) is 5.90. The lowest BCUT2D eigenvalue weighted by Gasteiger charge is -2.33. The van der Waals surface area contributed by atoms with Gasteiger partial charge in [-0.15, -0.1) is 11.3 Å². The van der Waals surface area contributed by atoms with Crippen molar-refractivity contribution in [3.63, 3.8) is 0 Å². The summed E-state index contributed by atoms with van der Waals surface area (Å²) in [6.07, 6.45) is 0. The maximum absolute atomic E-state index is 12.4. The Bertz CT molecular complexity index is 872. The van der Waals surface area contributed by atoms with Gasteiger partial charge in [-0.05, 0) is 31.2 Å². The van der Waals surface area contributed by atoms with Crippen LogP contribution in [0, 0.1) is 6.92 Å². The summed E-state index contributed by atoms with van der Waals surface area (Å²) < 4.78 is 27.2. The molecule has 2 heterocycles. The molecule has 2 aromatic rings. The second-order valence-corrected chi connectivity index (χ2v) is 8.63. The Morgan fingerprint density at radius 3 is 2.35 bits per heavy atom. The summed E-state index contributed by atoms with van der Waals surface area (Å²) in [5.74, 6) is 0. The number of thiazole rings is 1. The molecule has 3 rings (SSSR count). The Balaban J connectivity index is 1.57. The van der Waals surface area contributed by atoms with Gasteiger partial charge in [0.25, 0.3) is 10.2 Å². The molecule has 1 aromatic carbocycles. The van der Waals surface area contributed by atoms with Gasteiger partial charge in [-0.1, -0.05) is 0 Å². The van der Waals surface area contributed by atoms with Crippen molar-refractivity contribution >= 4 is 33.3 Å². The van der Waals surface area contributed by atoms with Crippen LogP contribution in [-0.4, -0.2) is 61.9 Å². The highest BCUT2D eigenvalue weighted by Gasteiger charge is 2.27. The number of hydrogen-bond acceptors (Lipinski definition) is 5. The van der Waals surface area contributed by atoms with Gasteiger partial charge >= 0.3 is 6.03 Å². The molecule has 0 spiro atoms. The van der Waals surface area contributed by atoms with E-state index in [1.165, 1.54) is 11.4 Å². The lowest BCUT2D eigenvalue weighted by atomic mass is 10.2. The van der Waals surface area contributed by atoms with Gasteiger partial charge in [0.1, 0.15) is 5.01 Å². The average molecular weight is 396 g/mol. The molecule has 2 amide bonds. The van der Waals surface area contributed by atoms with Crippen molar-refractivity contribution < 1.29 is 13.2 Å². The minimum Gasteiger partial charge on any atom is -0.322 e. The summed E-state index contributed by atoms with van der Waals surface area (Å²) in [7, 11) is -2.06. The van der Waals surface area contributed by atoms with Gasteiger partial charge in [-0.3, -0.25) is 0 Å². The minimum absolute atomic E-state index is 0.232. The van der Waals surface area contributed by atoms with E-state index in [0.717, 1.165) is 16.3 Å². The number of rotatable bonds is 4. The molecule has 0 atom stereocenters. The lowest BCUT2D eigenvalue weighted by Crippen LogP contribution is -2.53. The van der Waals surface area contributed by atoms with Crippen LogP contribution in [0.2, 0.25) is 0 Å². The van der Waals surface area contributed by atoms with Crippen LogP contribution in [0.5, 0.6) is 0 Å². The van der Waals surface area contributed by atoms with Gasteiger partial charge in [-0.2, -0.15) is 12.7 Å². The van der Waals surface area contributed by atoms with E-state index in [-0.39, 0.29) is 19.1 Å². The van der Waals surface area contributed by atoms with Crippen molar-refractivity contribution in [2.75, 3.05) is 38.5 Å². The molecule has 1 saturated heterocycles. The van der Waals surface area contributed by atoms with Crippen molar-refractivity contribution in [3.05, 3.63) is 35.3 Å². The van der Waals surface area contributed by atoms with E-state index in [0.29, 0.717) is 18.8 Å². The highest BCUT2D eigenvalue weighted by atomic mass is 32.2. The highest BCUT2D eigenvalue weighted by Crippen LogP contribution is 2.25. The molecule has 10 heteroatoms. The first-order chi connectivity index (χ1) is 12.4. The first-order valence-corrected chi connectivity index (χ1v) is 10.5. The van der Waals surface area contributed by atoms with Crippen LogP contribution < -0.4 is 10.0 Å². The van der Waals surface area contributed by atoms with Gasteiger partial charge in [0, 0.05) is 55.6 Å². The summed E-state index contributed by atoms with van der Waals surface area (Å²) in [6.45, 7) is 3.21. The van der Waals surface area contributed by atoms with E-state index >= 15 is 0 Å². The van der Waals surface area contributed by atoms with E-state index in [1.807, 2.05) is 36.6 Å². The van der Waals surface area contributed by atoms with E-state index in [1.54, 1.807) is 16.2 Å². The zero-order valence-electron chi connectivity index (χ0n) is 14.6. The van der Waals surface area contributed by atoms with Crippen LogP contribution in [0.1, 0.15) is 5.69 Å². The Morgan fingerprint density at radius 2 is 1.81 bits per heavy atom. The van der Waals surface area contributed by atoms with E-state index in [9.17, 15) is 13.2 Å². The predicted octanol–water partition coefficient (Wildman–Crippen LogP) is 1.73. The van der Waals surface area contributed by atoms with Crippen LogP contribution in [0.3, 0.4) is 0 Å².